The second kappa shape index (κ2) is 9.40. The number of alkyl halides is 3. The van der Waals surface area contributed by atoms with Gasteiger partial charge in [0.2, 0.25) is 15.9 Å². The molecule has 7 nitrogen and oxygen atoms in total. The smallest absolute Gasteiger partial charge is 0.406 e. The van der Waals surface area contributed by atoms with Crippen LogP contribution in [0, 0.1) is 0 Å². The molecular formula is C14H19ClF3N3O4S. The van der Waals surface area contributed by atoms with Crippen LogP contribution < -0.4 is 20.1 Å². The molecule has 1 fully saturated rings. The molecule has 26 heavy (non-hydrogen) atoms. The summed E-state index contributed by atoms with van der Waals surface area (Å²) in [5, 5.41) is 5.82. The number of nitrogens with one attached hydrogen (secondary N) is 3. The van der Waals surface area contributed by atoms with Gasteiger partial charge in [-0.3, -0.25) is 4.79 Å². The highest BCUT2D eigenvalue weighted by Crippen LogP contribution is 2.23. The molecular weight excluding hydrogens is 399 g/mol. The van der Waals surface area contributed by atoms with Crippen molar-refractivity contribution in [3.05, 3.63) is 24.3 Å². The van der Waals surface area contributed by atoms with Crippen LogP contribution in [0.2, 0.25) is 0 Å². The summed E-state index contributed by atoms with van der Waals surface area (Å²) in [5.41, 5.74) is 0. The minimum Gasteiger partial charge on any atom is -0.406 e. The number of amides is 1. The van der Waals surface area contributed by atoms with Crippen molar-refractivity contribution < 1.29 is 31.1 Å². The zero-order valence-corrected chi connectivity index (χ0v) is 15.1. The molecule has 148 valence electrons. The van der Waals surface area contributed by atoms with Gasteiger partial charge in [-0.15, -0.1) is 25.6 Å². The van der Waals surface area contributed by atoms with Crippen molar-refractivity contribution in [1.29, 1.82) is 0 Å². The van der Waals surface area contributed by atoms with E-state index in [-0.39, 0.29) is 23.3 Å². The number of hydrogen-bond acceptors (Lipinski definition) is 5. The molecule has 0 bridgehead atoms. The number of benzene rings is 1. The molecule has 0 unspecified atom stereocenters. The zero-order valence-electron chi connectivity index (χ0n) is 13.5. The number of sulfonamides is 1. The first-order chi connectivity index (χ1) is 11.7. The van der Waals surface area contributed by atoms with Crippen LogP contribution in [-0.2, 0) is 14.8 Å². The van der Waals surface area contributed by atoms with E-state index in [0.717, 1.165) is 43.7 Å². The van der Waals surface area contributed by atoms with Gasteiger partial charge in [0.1, 0.15) is 5.75 Å². The molecule has 1 aromatic carbocycles. The largest absolute Gasteiger partial charge is 0.573 e. The van der Waals surface area contributed by atoms with Gasteiger partial charge in [-0.2, -0.15) is 0 Å². The Morgan fingerprint density at radius 1 is 1.27 bits per heavy atom. The summed E-state index contributed by atoms with van der Waals surface area (Å²) in [7, 11) is -4.02. The molecule has 1 saturated heterocycles. The van der Waals surface area contributed by atoms with Gasteiger partial charge in [-0.25, -0.2) is 13.1 Å². The summed E-state index contributed by atoms with van der Waals surface area (Å²) in [4.78, 5) is 11.5. The van der Waals surface area contributed by atoms with E-state index in [2.05, 4.69) is 20.1 Å². The summed E-state index contributed by atoms with van der Waals surface area (Å²) in [5.74, 6) is -1.01. The molecule has 0 aromatic heterocycles. The monoisotopic (exact) mass is 417 g/mol. The second-order valence-corrected chi connectivity index (χ2v) is 7.22. The lowest BCUT2D eigenvalue weighted by atomic mass is 10.1. The molecule has 0 radical (unpaired) electrons. The Labute approximate surface area is 155 Å². The Bertz CT molecular complexity index is 692. The van der Waals surface area contributed by atoms with E-state index in [1.165, 1.54) is 0 Å². The molecule has 1 amide bonds. The normalized spacial score (nSPS) is 17.9. The van der Waals surface area contributed by atoms with Gasteiger partial charge >= 0.3 is 6.36 Å². The number of ether oxygens (including phenoxy) is 1. The van der Waals surface area contributed by atoms with Crippen molar-refractivity contribution in [2.75, 3.05) is 19.6 Å². The maximum Gasteiger partial charge on any atom is 0.573 e. The van der Waals surface area contributed by atoms with Crippen LogP contribution in [0.1, 0.15) is 12.8 Å². The minimum atomic E-state index is -4.86. The highest BCUT2D eigenvalue weighted by molar-refractivity contribution is 7.89. The lowest BCUT2D eigenvalue weighted by Gasteiger charge is -2.23. The third kappa shape index (κ3) is 7.36. The molecule has 1 aliphatic rings. The van der Waals surface area contributed by atoms with Crippen LogP contribution in [0.4, 0.5) is 13.2 Å². The van der Waals surface area contributed by atoms with E-state index >= 15 is 0 Å². The topological polar surface area (TPSA) is 96.5 Å². The van der Waals surface area contributed by atoms with Crippen LogP contribution in [-0.4, -0.2) is 46.4 Å². The maximum absolute atomic E-state index is 12.1. The maximum atomic E-state index is 12.1. The van der Waals surface area contributed by atoms with Gasteiger partial charge < -0.3 is 15.4 Å². The van der Waals surface area contributed by atoms with Crippen molar-refractivity contribution >= 4 is 28.3 Å². The standard InChI is InChI=1S/C14H18F3N3O4S.ClH/c15-14(16,17)24-11-3-5-12(6-4-11)25(22,23)19-9-13(21)20-10-2-1-7-18-8-10;/h3-6,10,18-19H,1-2,7-9H2,(H,20,21);1H/t10-;/m0./s1. The number of carbonyl (C=O) groups excluding carboxylic acids is 1. The fraction of sp³-hybridized carbons (Fsp3) is 0.500. The lowest BCUT2D eigenvalue weighted by molar-refractivity contribution is -0.274. The van der Waals surface area contributed by atoms with Gasteiger partial charge in [0.05, 0.1) is 11.4 Å². The van der Waals surface area contributed by atoms with E-state index in [1.54, 1.807) is 0 Å². The molecule has 12 heteroatoms. The molecule has 1 heterocycles. The lowest BCUT2D eigenvalue weighted by Crippen LogP contribution is -2.48. The van der Waals surface area contributed by atoms with Crippen LogP contribution in [0.15, 0.2) is 29.2 Å². The van der Waals surface area contributed by atoms with Gasteiger partial charge in [0, 0.05) is 12.6 Å². The molecule has 0 saturated carbocycles. The van der Waals surface area contributed by atoms with Crippen LogP contribution in [0.5, 0.6) is 5.75 Å². The predicted octanol–water partition coefficient (Wildman–Crippen LogP) is 1.15. The third-order valence-corrected chi connectivity index (χ3v) is 4.87. The van der Waals surface area contributed by atoms with Crippen LogP contribution in [0.3, 0.4) is 0 Å². The highest BCUT2D eigenvalue weighted by atomic mass is 35.5. The Kier molecular flexibility index (Phi) is 8.13. The first-order valence-electron chi connectivity index (χ1n) is 7.51. The Balaban J connectivity index is 0.00000338. The molecule has 0 aliphatic carbocycles. The number of piperidine rings is 1. The summed E-state index contributed by atoms with van der Waals surface area (Å²) < 4.78 is 66.1. The summed E-state index contributed by atoms with van der Waals surface area (Å²) in [6, 6.07) is 3.65. The SMILES string of the molecule is Cl.O=C(CNS(=O)(=O)c1ccc(OC(F)(F)F)cc1)N[C@H]1CCCNC1. The molecule has 3 N–H and O–H groups in total. The predicted molar refractivity (Wildman–Crippen MR) is 89.6 cm³/mol. The first-order valence-corrected chi connectivity index (χ1v) is 8.99. The third-order valence-electron chi connectivity index (χ3n) is 3.45. The van der Waals surface area contributed by atoms with Gasteiger partial charge in [-0.05, 0) is 43.7 Å². The fourth-order valence-corrected chi connectivity index (χ4v) is 3.30. The molecule has 1 aliphatic heterocycles. The number of carbonyl (C=O) groups is 1. The number of halogens is 4. The van der Waals surface area contributed by atoms with Gasteiger partial charge in [-0.1, -0.05) is 0 Å². The quantitative estimate of drug-likeness (QED) is 0.645. The summed E-state index contributed by atoms with van der Waals surface area (Å²) in [6.07, 6.45) is -3.13. The highest BCUT2D eigenvalue weighted by Gasteiger charge is 2.31. The minimum absolute atomic E-state index is 0. The van der Waals surface area contributed by atoms with Gasteiger partial charge in [0.25, 0.3) is 0 Å². The summed E-state index contributed by atoms with van der Waals surface area (Å²) in [6.45, 7) is 1.05. The van der Waals surface area contributed by atoms with E-state index < -0.39 is 34.6 Å². The number of rotatable bonds is 6. The number of hydrogen-bond donors (Lipinski definition) is 3. The van der Waals surface area contributed by atoms with Crippen molar-refractivity contribution in [2.24, 2.45) is 0 Å². The van der Waals surface area contributed by atoms with Gasteiger partial charge in [0.15, 0.2) is 0 Å². The van der Waals surface area contributed by atoms with Crippen molar-refractivity contribution in [3.8, 4) is 5.75 Å². The average Bonchev–Trinajstić information content (AvgIpc) is 2.53. The summed E-state index contributed by atoms with van der Waals surface area (Å²) >= 11 is 0. The van der Waals surface area contributed by atoms with E-state index in [4.69, 9.17) is 0 Å². The van der Waals surface area contributed by atoms with Crippen LogP contribution >= 0.6 is 12.4 Å². The Morgan fingerprint density at radius 2 is 1.92 bits per heavy atom. The Morgan fingerprint density at radius 3 is 2.46 bits per heavy atom. The molecule has 0 spiro atoms. The molecule has 2 rings (SSSR count). The Hall–Kier alpha value is -1.56. The zero-order chi connectivity index (χ0) is 18.5. The first kappa shape index (κ1) is 22.5. The van der Waals surface area contributed by atoms with E-state index in [1.807, 2.05) is 0 Å². The second-order valence-electron chi connectivity index (χ2n) is 5.45. The van der Waals surface area contributed by atoms with E-state index in [9.17, 15) is 26.4 Å². The molecule has 1 aromatic rings. The molecule has 1 atom stereocenters. The van der Waals surface area contributed by atoms with Crippen LogP contribution in [0.25, 0.3) is 0 Å². The van der Waals surface area contributed by atoms with E-state index in [0.29, 0.717) is 6.54 Å². The average molecular weight is 418 g/mol. The fourth-order valence-electron chi connectivity index (χ4n) is 2.32. The van der Waals surface area contributed by atoms with Crippen molar-refractivity contribution in [2.45, 2.75) is 30.1 Å². The van der Waals surface area contributed by atoms with Crippen molar-refractivity contribution in [1.82, 2.24) is 15.4 Å². The van der Waals surface area contributed by atoms with Crippen molar-refractivity contribution in [3.63, 3.8) is 0 Å².